The molecule has 0 atom stereocenters. The molecule has 0 aliphatic carbocycles. The molecule has 0 fully saturated rings. The first-order chi connectivity index (χ1) is 9.17. The summed E-state index contributed by atoms with van der Waals surface area (Å²) in [5.74, 6) is 0.515. The van der Waals surface area contributed by atoms with Crippen molar-refractivity contribution in [3.05, 3.63) is 40.9 Å². The Labute approximate surface area is 114 Å². The van der Waals surface area contributed by atoms with E-state index in [4.69, 9.17) is 4.74 Å². The highest BCUT2D eigenvalue weighted by atomic mass is 32.1. The average molecular weight is 275 g/mol. The summed E-state index contributed by atoms with van der Waals surface area (Å²) in [5.41, 5.74) is 0.892. The van der Waals surface area contributed by atoms with Crippen LogP contribution < -0.4 is 10.1 Å². The number of hydrogen-bond acceptors (Lipinski definition) is 5. The molecule has 0 aliphatic rings. The van der Waals surface area contributed by atoms with E-state index in [2.05, 4.69) is 15.5 Å². The summed E-state index contributed by atoms with van der Waals surface area (Å²) in [5, 5.41) is 11.6. The molecule has 1 N–H and O–H groups in total. The Balaban J connectivity index is 1.99. The minimum atomic E-state index is -0.237. The number of aryl methyl sites for hydroxylation is 1. The smallest absolute Gasteiger partial charge is 0.250 e. The second-order valence-electron chi connectivity index (χ2n) is 3.73. The second-order valence-corrected chi connectivity index (χ2v) is 4.91. The van der Waals surface area contributed by atoms with E-state index < -0.39 is 0 Å². The number of benzene rings is 1. The van der Waals surface area contributed by atoms with Crippen molar-refractivity contribution in [1.82, 2.24) is 10.2 Å². The normalized spacial score (nSPS) is 10.6. The maximum Gasteiger partial charge on any atom is 0.250 e. The standard InChI is InChI=1S/C13H13N3O2S/c1-9-15-16-13(19-9)14-12(17)7-6-10-4-3-5-11(8-10)18-2/h3-8H,1-2H3,(H,14,16,17)/b7-6+. The lowest BCUT2D eigenvalue weighted by atomic mass is 10.2. The van der Waals surface area contributed by atoms with Gasteiger partial charge in [-0.25, -0.2) is 0 Å². The van der Waals surface area contributed by atoms with Gasteiger partial charge >= 0.3 is 0 Å². The van der Waals surface area contributed by atoms with Crippen LogP contribution in [0.15, 0.2) is 30.3 Å². The first-order valence-corrected chi connectivity index (χ1v) is 6.42. The van der Waals surface area contributed by atoms with Crippen LogP contribution in [0.4, 0.5) is 5.13 Å². The van der Waals surface area contributed by atoms with E-state index in [1.165, 1.54) is 17.4 Å². The van der Waals surface area contributed by atoms with E-state index in [0.717, 1.165) is 16.3 Å². The summed E-state index contributed by atoms with van der Waals surface area (Å²) in [7, 11) is 1.60. The predicted octanol–water partition coefficient (Wildman–Crippen LogP) is 2.51. The van der Waals surface area contributed by atoms with E-state index in [1.54, 1.807) is 13.2 Å². The Morgan fingerprint density at radius 1 is 1.42 bits per heavy atom. The van der Waals surface area contributed by atoms with Crippen molar-refractivity contribution in [2.75, 3.05) is 12.4 Å². The highest BCUT2D eigenvalue weighted by molar-refractivity contribution is 7.15. The van der Waals surface area contributed by atoms with Crippen LogP contribution in [0, 0.1) is 6.92 Å². The molecule has 0 unspecified atom stereocenters. The van der Waals surface area contributed by atoms with E-state index >= 15 is 0 Å². The molecule has 1 aromatic carbocycles. The molecular formula is C13H13N3O2S. The fraction of sp³-hybridized carbons (Fsp3) is 0.154. The summed E-state index contributed by atoms with van der Waals surface area (Å²) in [6.45, 7) is 1.83. The average Bonchev–Trinajstić information content (AvgIpc) is 2.82. The third-order valence-corrected chi connectivity index (χ3v) is 3.03. The van der Waals surface area contributed by atoms with Crippen LogP contribution in [0.3, 0.4) is 0 Å². The van der Waals surface area contributed by atoms with Crippen LogP contribution in [-0.2, 0) is 4.79 Å². The van der Waals surface area contributed by atoms with Crippen LogP contribution in [0.5, 0.6) is 5.75 Å². The van der Waals surface area contributed by atoms with Gasteiger partial charge < -0.3 is 4.74 Å². The molecule has 19 heavy (non-hydrogen) atoms. The van der Waals surface area contributed by atoms with Gasteiger partial charge in [0.05, 0.1) is 7.11 Å². The Bertz CT molecular complexity index is 607. The highest BCUT2D eigenvalue weighted by Crippen LogP contribution is 2.15. The van der Waals surface area contributed by atoms with Gasteiger partial charge in [0.1, 0.15) is 10.8 Å². The van der Waals surface area contributed by atoms with Crippen LogP contribution in [0.1, 0.15) is 10.6 Å². The molecular weight excluding hydrogens is 262 g/mol. The molecule has 1 heterocycles. The summed E-state index contributed by atoms with van der Waals surface area (Å²) in [6.07, 6.45) is 3.16. The van der Waals surface area contributed by atoms with Crippen LogP contribution in [0.25, 0.3) is 6.08 Å². The first kappa shape index (κ1) is 13.2. The van der Waals surface area contributed by atoms with Crippen molar-refractivity contribution in [3.63, 3.8) is 0 Å². The van der Waals surface area contributed by atoms with Gasteiger partial charge in [0.15, 0.2) is 0 Å². The third-order valence-electron chi connectivity index (χ3n) is 2.28. The molecule has 2 rings (SSSR count). The monoisotopic (exact) mass is 275 g/mol. The zero-order valence-electron chi connectivity index (χ0n) is 10.6. The number of methoxy groups -OCH3 is 1. The largest absolute Gasteiger partial charge is 0.497 e. The van der Waals surface area contributed by atoms with Crippen molar-refractivity contribution >= 4 is 28.5 Å². The lowest BCUT2D eigenvalue weighted by molar-refractivity contribution is -0.111. The predicted molar refractivity (Wildman–Crippen MR) is 75.3 cm³/mol. The van der Waals surface area contributed by atoms with Crippen molar-refractivity contribution in [2.45, 2.75) is 6.92 Å². The summed E-state index contributed by atoms with van der Waals surface area (Å²) in [4.78, 5) is 11.7. The van der Waals surface area contributed by atoms with Gasteiger partial charge in [-0.2, -0.15) is 0 Å². The van der Waals surface area contributed by atoms with Gasteiger partial charge in [-0.3, -0.25) is 10.1 Å². The number of ether oxygens (including phenoxy) is 1. The fourth-order valence-corrected chi connectivity index (χ4v) is 2.01. The summed E-state index contributed by atoms with van der Waals surface area (Å²) < 4.78 is 5.11. The molecule has 0 aliphatic heterocycles. The van der Waals surface area contributed by atoms with Gasteiger partial charge in [0, 0.05) is 6.08 Å². The first-order valence-electron chi connectivity index (χ1n) is 5.60. The fourth-order valence-electron chi connectivity index (χ4n) is 1.41. The molecule has 2 aromatic rings. The van der Waals surface area contributed by atoms with E-state index in [1.807, 2.05) is 31.2 Å². The zero-order chi connectivity index (χ0) is 13.7. The number of aromatic nitrogens is 2. The van der Waals surface area contributed by atoms with Crippen molar-refractivity contribution < 1.29 is 9.53 Å². The minimum absolute atomic E-state index is 0.237. The van der Waals surface area contributed by atoms with Crippen LogP contribution in [-0.4, -0.2) is 23.2 Å². The maximum absolute atomic E-state index is 11.7. The van der Waals surface area contributed by atoms with Crippen molar-refractivity contribution in [3.8, 4) is 5.75 Å². The number of rotatable bonds is 4. The minimum Gasteiger partial charge on any atom is -0.497 e. The van der Waals surface area contributed by atoms with E-state index in [9.17, 15) is 4.79 Å². The Kier molecular flexibility index (Phi) is 4.25. The highest BCUT2D eigenvalue weighted by Gasteiger charge is 2.02. The van der Waals surface area contributed by atoms with E-state index in [-0.39, 0.29) is 5.91 Å². The van der Waals surface area contributed by atoms with Crippen LogP contribution in [0.2, 0.25) is 0 Å². The van der Waals surface area contributed by atoms with Gasteiger partial charge in [-0.1, -0.05) is 23.5 Å². The lowest BCUT2D eigenvalue weighted by Crippen LogP contribution is -2.07. The number of anilines is 1. The van der Waals surface area contributed by atoms with E-state index in [0.29, 0.717) is 5.13 Å². The second kappa shape index (κ2) is 6.10. The summed E-state index contributed by atoms with van der Waals surface area (Å²) in [6, 6.07) is 7.45. The lowest BCUT2D eigenvalue weighted by Gasteiger charge is -2.00. The number of amides is 1. The van der Waals surface area contributed by atoms with Crippen molar-refractivity contribution in [2.24, 2.45) is 0 Å². The molecule has 1 amide bonds. The number of carbonyl (C=O) groups excluding carboxylic acids is 1. The summed E-state index contributed by atoms with van der Waals surface area (Å²) >= 11 is 1.34. The van der Waals surface area contributed by atoms with Gasteiger partial charge in [0.25, 0.3) is 0 Å². The number of nitrogens with one attached hydrogen (secondary N) is 1. The third kappa shape index (κ3) is 3.89. The number of nitrogens with zero attached hydrogens (tertiary/aromatic N) is 2. The molecule has 0 bridgehead atoms. The molecule has 0 saturated heterocycles. The van der Waals surface area contributed by atoms with Crippen molar-refractivity contribution in [1.29, 1.82) is 0 Å². The molecule has 6 heteroatoms. The maximum atomic E-state index is 11.7. The topological polar surface area (TPSA) is 64.1 Å². The van der Waals surface area contributed by atoms with Gasteiger partial charge in [-0.15, -0.1) is 10.2 Å². The Hall–Kier alpha value is -2.21. The SMILES string of the molecule is COc1cccc(/C=C/C(=O)Nc2nnc(C)s2)c1. The molecule has 0 saturated carbocycles. The molecule has 0 spiro atoms. The molecule has 98 valence electrons. The quantitative estimate of drug-likeness (QED) is 0.871. The van der Waals surface area contributed by atoms with Crippen LogP contribution >= 0.6 is 11.3 Å². The molecule has 5 nitrogen and oxygen atoms in total. The Morgan fingerprint density at radius 3 is 2.95 bits per heavy atom. The van der Waals surface area contributed by atoms with Gasteiger partial charge in [-0.05, 0) is 30.7 Å². The Morgan fingerprint density at radius 2 is 2.26 bits per heavy atom. The number of carbonyl (C=O) groups is 1. The zero-order valence-corrected chi connectivity index (χ0v) is 11.4. The van der Waals surface area contributed by atoms with Gasteiger partial charge in [0.2, 0.25) is 11.0 Å². The molecule has 1 aromatic heterocycles. The molecule has 0 radical (unpaired) electrons. The number of hydrogen-bond donors (Lipinski definition) is 1.